The number of hydrogen-bond donors (Lipinski definition) is 3. The molecule has 0 spiro atoms. The van der Waals surface area contributed by atoms with E-state index in [9.17, 15) is 4.79 Å². The van der Waals surface area contributed by atoms with Crippen molar-refractivity contribution in [3.63, 3.8) is 0 Å². The molecule has 0 atom stereocenters. The summed E-state index contributed by atoms with van der Waals surface area (Å²) in [7, 11) is 2.07. The number of nitrogens with zero attached hydrogens (tertiary/aromatic N) is 1. The highest BCUT2D eigenvalue weighted by atomic mass is 32.2. The predicted molar refractivity (Wildman–Crippen MR) is 131 cm³/mol. The smallest absolute Gasteiger partial charge is 0.274 e. The first kappa shape index (κ1) is 20.2. The van der Waals surface area contributed by atoms with Gasteiger partial charge in [0.1, 0.15) is 0 Å². The molecule has 0 aliphatic carbocycles. The summed E-state index contributed by atoms with van der Waals surface area (Å²) in [5.41, 5.74) is 6.63. The van der Waals surface area contributed by atoms with E-state index in [4.69, 9.17) is 5.21 Å². The van der Waals surface area contributed by atoms with Crippen molar-refractivity contribution in [3.05, 3.63) is 96.7 Å². The topological polar surface area (TPSA) is 66.3 Å². The number of hydroxylamine groups is 1. The standard InChI is InChI=1S/C26H21N3O2S/c1-29-16-24(22-8-4-6-17-5-2-3-7-21(17)22)23-15-19(11-14-25(23)29)28-32-20-12-9-18(10-13-20)26(30)27-31/h2-16,28,31H,1H3,(H,27,30). The largest absolute Gasteiger partial charge is 0.350 e. The van der Waals surface area contributed by atoms with E-state index in [0.29, 0.717) is 5.56 Å². The maximum atomic E-state index is 11.5. The van der Waals surface area contributed by atoms with Gasteiger partial charge in [-0.25, -0.2) is 5.48 Å². The number of carbonyl (C=O) groups is 1. The fourth-order valence-corrected chi connectivity index (χ4v) is 4.62. The van der Waals surface area contributed by atoms with Crippen LogP contribution >= 0.6 is 11.9 Å². The second kappa shape index (κ2) is 8.42. The normalized spacial score (nSPS) is 11.1. The van der Waals surface area contributed by atoms with Gasteiger partial charge in [0.15, 0.2) is 0 Å². The van der Waals surface area contributed by atoms with Crippen LogP contribution in [-0.4, -0.2) is 15.7 Å². The first-order valence-electron chi connectivity index (χ1n) is 10.2. The van der Waals surface area contributed by atoms with Gasteiger partial charge in [-0.2, -0.15) is 0 Å². The number of benzene rings is 4. The maximum absolute atomic E-state index is 11.5. The minimum Gasteiger partial charge on any atom is -0.350 e. The fraction of sp³-hybridized carbons (Fsp3) is 0.0385. The van der Waals surface area contributed by atoms with Crippen LogP contribution in [0.15, 0.2) is 96.0 Å². The minimum atomic E-state index is -0.523. The molecule has 1 amide bonds. The number of anilines is 1. The Bertz CT molecular complexity index is 1440. The Kier molecular flexibility index (Phi) is 5.31. The van der Waals surface area contributed by atoms with Gasteiger partial charge in [-0.15, -0.1) is 0 Å². The van der Waals surface area contributed by atoms with E-state index in [0.717, 1.165) is 10.6 Å². The molecule has 158 valence electrons. The average Bonchev–Trinajstić information content (AvgIpc) is 3.17. The number of aromatic nitrogens is 1. The van der Waals surface area contributed by atoms with Crippen LogP contribution in [0.4, 0.5) is 5.69 Å². The van der Waals surface area contributed by atoms with Crippen LogP contribution in [0.5, 0.6) is 0 Å². The van der Waals surface area contributed by atoms with Crippen molar-refractivity contribution < 1.29 is 10.0 Å². The van der Waals surface area contributed by atoms with Gasteiger partial charge < -0.3 is 9.29 Å². The lowest BCUT2D eigenvalue weighted by Crippen LogP contribution is -2.18. The second-order valence-electron chi connectivity index (χ2n) is 7.58. The molecule has 1 aromatic heterocycles. The summed E-state index contributed by atoms with van der Waals surface area (Å²) in [5, 5.41) is 12.4. The molecule has 5 nitrogen and oxygen atoms in total. The highest BCUT2D eigenvalue weighted by molar-refractivity contribution is 8.00. The van der Waals surface area contributed by atoms with E-state index in [1.54, 1.807) is 17.6 Å². The van der Waals surface area contributed by atoms with Gasteiger partial charge in [0.25, 0.3) is 5.91 Å². The number of hydrogen-bond acceptors (Lipinski definition) is 4. The van der Waals surface area contributed by atoms with Crippen molar-refractivity contribution in [2.75, 3.05) is 4.72 Å². The molecule has 6 heteroatoms. The van der Waals surface area contributed by atoms with Crippen molar-refractivity contribution in [1.82, 2.24) is 10.0 Å². The van der Waals surface area contributed by atoms with E-state index in [2.05, 4.69) is 83.2 Å². The fourth-order valence-electron chi connectivity index (χ4n) is 3.99. The maximum Gasteiger partial charge on any atom is 0.274 e. The van der Waals surface area contributed by atoms with Crippen molar-refractivity contribution >= 4 is 45.2 Å². The van der Waals surface area contributed by atoms with Crippen LogP contribution < -0.4 is 10.2 Å². The molecule has 1 heterocycles. The zero-order chi connectivity index (χ0) is 22.1. The van der Waals surface area contributed by atoms with Crippen molar-refractivity contribution in [2.24, 2.45) is 7.05 Å². The quantitative estimate of drug-likeness (QED) is 0.172. The van der Waals surface area contributed by atoms with Crippen LogP contribution in [0.1, 0.15) is 10.4 Å². The molecule has 0 aliphatic heterocycles. The van der Waals surface area contributed by atoms with E-state index in [1.165, 1.54) is 44.8 Å². The van der Waals surface area contributed by atoms with Gasteiger partial charge >= 0.3 is 0 Å². The number of carbonyl (C=O) groups excluding carboxylic acids is 1. The molecule has 0 aliphatic rings. The molecular weight excluding hydrogens is 418 g/mol. The van der Waals surface area contributed by atoms with Crippen LogP contribution in [0.25, 0.3) is 32.8 Å². The van der Waals surface area contributed by atoms with Gasteiger partial charge in [-0.05, 0) is 70.7 Å². The summed E-state index contributed by atoms with van der Waals surface area (Å²) in [6.07, 6.45) is 2.19. The van der Waals surface area contributed by atoms with E-state index in [-0.39, 0.29) is 0 Å². The van der Waals surface area contributed by atoms with Crippen LogP contribution in [0.2, 0.25) is 0 Å². The number of amides is 1. The highest BCUT2D eigenvalue weighted by Gasteiger charge is 2.12. The molecule has 3 N–H and O–H groups in total. The molecule has 0 bridgehead atoms. The Hall–Kier alpha value is -3.74. The first-order chi connectivity index (χ1) is 15.6. The molecule has 5 rings (SSSR count). The predicted octanol–water partition coefficient (Wildman–Crippen LogP) is 6.24. The van der Waals surface area contributed by atoms with Gasteiger partial charge in [0.2, 0.25) is 0 Å². The van der Waals surface area contributed by atoms with Crippen LogP contribution in [0.3, 0.4) is 0 Å². The van der Waals surface area contributed by atoms with Gasteiger partial charge in [0.05, 0.1) is 0 Å². The molecule has 0 saturated heterocycles. The lowest BCUT2D eigenvalue weighted by Gasteiger charge is -2.08. The van der Waals surface area contributed by atoms with Crippen LogP contribution in [0, 0.1) is 0 Å². The Morgan fingerprint density at radius 1 is 0.875 bits per heavy atom. The molecule has 4 aromatic carbocycles. The van der Waals surface area contributed by atoms with Gasteiger partial charge in [-0.1, -0.05) is 42.5 Å². The Morgan fingerprint density at radius 2 is 1.66 bits per heavy atom. The molecule has 5 aromatic rings. The minimum absolute atomic E-state index is 0.405. The second-order valence-corrected chi connectivity index (χ2v) is 8.46. The molecule has 0 fully saturated rings. The number of rotatable bonds is 5. The number of aryl methyl sites for hydroxylation is 1. The average molecular weight is 440 g/mol. The summed E-state index contributed by atoms with van der Waals surface area (Å²) < 4.78 is 5.56. The summed E-state index contributed by atoms with van der Waals surface area (Å²) in [5.74, 6) is -0.523. The Balaban J connectivity index is 1.47. The van der Waals surface area contributed by atoms with Crippen LogP contribution in [-0.2, 0) is 7.05 Å². The number of fused-ring (bicyclic) bond motifs is 2. The van der Waals surface area contributed by atoms with Crippen molar-refractivity contribution in [3.8, 4) is 11.1 Å². The molecule has 0 unspecified atom stereocenters. The summed E-state index contributed by atoms with van der Waals surface area (Å²) in [6, 6.07) is 28.3. The Morgan fingerprint density at radius 3 is 2.47 bits per heavy atom. The summed E-state index contributed by atoms with van der Waals surface area (Å²) in [6.45, 7) is 0. The molecule has 32 heavy (non-hydrogen) atoms. The zero-order valence-electron chi connectivity index (χ0n) is 17.4. The monoisotopic (exact) mass is 439 g/mol. The van der Waals surface area contributed by atoms with E-state index < -0.39 is 5.91 Å². The van der Waals surface area contributed by atoms with Gasteiger partial charge in [0, 0.05) is 45.9 Å². The third-order valence-electron chi connectivity index (χ3n) is 5.57. The molecular formula is C26H21N3O2S. The Labute approximate surface area is 189 Å². The van der Waals surface area contributed by atoms with Gasteiger partial charge in [-0.3, -0.25) is 10.0 Å². The summed E-state index contributed by atoms with van der Waals surface area (Å²) in [4.78, 5) is 12.4. The lowest BCUT2D eigenvalue weighted by atomic mass is 9.98. The zero-order valence-corrected chi connectivity index (χ0v) is 18.2. The first-order valence-corrected chi connectivity index (χ1v) is 11.0. The molecule has 0 saturated carbocycles. The lowest BCUT2D eigenvalue weighted by molar-refractivity contribution is 0.0706. The third-order valence-corrected chi connectivity index (χ3v) is 6.42. The third kappa shape index (κ3) is 3.70. The summed E-state index contributed by atoms with van der Waals surface area (Å²) >= 11 is 1.47. The van der Waals surface area contributed by atoms with Crippen molar-refractivity contribution in [2.45, 2.75) is 4.90 Å². The SMILES string of the molecule is Cn1cc(-c2cccc3ccccc23)c2cc(NSc3ccc(C(=O)NO)cc3)ccc21. The molecule has 0 radical (unpaired) electrons. The van der Waals surface area contributed by atoms with E-state index in [1.807, 2.05) is 12.1 Å². The highest BCUT2D eigenvalue weighted by Crippen LogP contribution is 2.36. The van der Waals surface area contributed by atoms with Crippen molar-refractivity contribution in [1.29, 1.82) is 0 Å². The number of nitrogens with one attached hydrogen (secondary N) is 2. The van der Waals surface area contributed by atoms with E-state index >= 15 is 0 Å².